The summed E-state index contributed by atoms with van der Waals surface area (Å²) in [6.07, 6.45) is -5.34. The molecule has 0 aromatic heterocycles. The Bertz CT molecular complexity index is 288. The van der Waals surface area contributed by atoms with Crippen molar-refractivity contribution >= 4 is 5.91 Å². The minimum absolute atomic E-state index is 0.170. The molecule has 4 atom stereocenters. The number of carbonyl (C=O) groups excluding carboxylic acids is 1. The molecule has 0 bridgehead atoms. The highest BCUT2D eigenvalue weighted by Gasteiger charge is 2.46. The van der Waals surface area contributed by atoms with Gasteiger partial charge in [-0.1, -0.05) is 0 Å². The Labute approximate surface area is 112 Å². The zero-order valence-corrected chi connectivity index (χ0v) is 11.2. The van der Waals surface area contributed by atoms with E-state index in [1.54, 1.807) is 14.1 Å². The van der Waals surface area contributed by atoms with E-state index in [0.717, 1.165) is 0 Å². The first-order valence-corrected chi connectivity index (χ1v) is 5.99. The van der Waals surface area contributed by atoms with Gasteiger partial charge in [0.2, 0.25) is 0 Å². The molecule has 7 N–H and O–H groups in total. The van der Waals surface area contributed by atoms with Crippen LogP contribution >= 0.6 is 0 Å². The van der Waals surface area contributed by atoms with Crippen LogP contribution in [0.5, 0.6) is 0 Å². The van der Waals surface area contributed by atoms with E-state index in [4.69, 9.17) is 10.8 Å². The van der Waals surface area contributed by atoms with E-state index in [9.17, 15) is 25.2 Å². The molecule has 0 rings (SSSR count). The molecule has 1 amide bonds. The predicted molar refractivity (Wildman–Crippen MR) is 67.0 cm³/mol. The second-order valence-corrected chi connectivity index (χ2v) is 4.88. The van der Waals surface area contributed by atoms with E-state index < -0.39 is 36.4 Å². The zero-order valence-electron chi connectivity index (χ0n) is 11.2. The second-order valence-electron chi connectivity index (χ2n) is 4.88. The third kappa shape index (κ3) is 5.01. The number of aliphatic hydroxyl groups is 5. The first kappa shape index (κ1) is 18.2. The van der Waals surface area contributed by atoms with Crippen molar-refractivity contribution in [1.29, 1.82) is 0 Å². The lowest BCUT2D eigenvalue weighted by atomic mass is 9.85. The summed E-state index contributed by atoms with van der Waals surface area (Å²) in [6, 6.07) is 0. The first-order chi connectivity index (χ1) is 8.66. The van der Waals surface area contributed by atoms with Crippen molar-refractivity contribution in [2.24, 2.45) is 5.73 Å². The fourth-order valence-electron chi connectivity index (χ4n) is 1.68. The molecule has 0 aliphatic heterocycles. The van der Waals surface area contributed by atoms with Crippen molar-refractivity contribution in [3.05, 3.63) is 0 Å². The Morgan fingerprint density at radius 1 is 1.32 bits per heavy atom. The van der Waals surface area contributed by atoms with E-state index in [1.165, 1.54) is 0 Å². The van der Waals surface area contributed by atoms with Crippen molar-refractivity contribution in [1.82, 2.24) is 4.90 Å². The summed E-state index contributed by atoms with van der Waals surface area (Å²) in [7, 11) is 3.59. The van der Waals surface area contributed by atoms with Crippen LogP contribution in [0.1, 0.15) is 12.8 Å². The molecule has 8 heteroatoms. The van der Waals surface area contributed by atoms with Crippen LogP contribution in [0.3, 0.4) is 0 Å². The molecule has 0 aromatic carbocycles. The van der Waals surface area contributed by atoms with Crippen LogP contribution in [0.25, 0.3) is 0 Å². The van der Waals surface area contributed by atoms with Crippen molar-refractivity contribution < 1.29 is 30.3 Å². The normalized spacial score (nSPS) is 19.8. The van der Waals surface area contributed by atoms with Crippen molar-refractivity contribution in [3.63, 3.8) is 0 Å². The standard InChI is InChI=1S/C11H24N2O6/c1-13(2)5-3-4-11(19,10(12)18)9(17)8(16)7(15)6-14/h7-9,14-17,19H,3-6H2,1-2H3,(H2,12,18)/t7-,8-,9+,11-/m1/s1. The van der Waals surface area contributed by atoms with Crippen LogP contribution < -0.4 is 5.73 Å². The number of primary amides is 1. The number of nitrogens with zero attached hydrogens (tertiary/aromatic N) is 1. The maximum absolute atomic E-state index is 11.3. The fourth-order valence-corrected chi connectivity index (χ4v) is 1.68. The second kappa shape index (κ2) is 7.73. The van der Waals surface area contributed by atoms with Gasteiger partial charge in [-0.3, -0.25) is 4.79 Å². The summed E-state index contributed by atoms with van der Waals surface area (Å²) in [6.45, 7) is -0.272. The van der Waals surface area contributed by atoms with E-state index in [0.29, 0.717) is 13.0 Å². The Balaban J connectivity index is 4.81. The minimum atomic E-state index is -2.36. The largest absolute Gasteiger partial charge is 0.394 e. The van der Waals surface area contributed by atoms with Crippen molar-refractivity contribution in [2.75, 3.05) is 27.2 Å². The number of nitrogens with two attached hydrogens (primary N) is 1. The van der Waals surface area contributed by atoms with Gasteiger partial charge in [-0.25, -0.2) is 0 Å². The van der Waals surface area contributed by atoms with Crippen LogP contribution in [0.2, 0.25) is 0 Å². The average molecular weight is 280 g/mol. The molecule has 0 aliphatic rings. The van der Waals surface area contributed by atoms with Gasteiger partial charge in [0.25, 0.3) is 5.91 Å². The lowest BCUT2D eigenvalue weighted by molar-refractivity contribution is -0.175. The van der Waals surface area contributed by atoms with Crippen LogP contribution in [-0.2, 0) is 4.79 Å². The van der Waals surface area contributed by atoms with Gasteiger partial charge in [0.1, 0.15) is 18.3 Å². The molecule has 0 heterocycles. The highest BCUT2D eigenvalue weighted by molar-refractivity contribution is 5.84. The van der Waals surface area contributed by atoms with Crippen LogP contribution in [0.4, 0.5) is 0 Å². The molecule has 0 unspecified atom stereocenters. The Hall–Kier alpha value is -0.770. The highest BCUT2D eigenvalue weighted by Crippen LogP contribution is 2.22. The van der Waals surface area contributed by atoms with Gasteiger partial charge < -0.3 is 36.2 Å². The SMILES string of the molecule is CN(C)CCC[C@](O)(C(N)=O)[C@@H](O)[C@H](O)[C@H](O)CO. The Morgan fingerprint density at radius 2 is 1.84 bits per heavy atom. The summed E-state index contributed by atoms with van der Waals surface area (Å²) in [5.74, 6) is -1.19. The van der Waals surface area contributed by atoms with E-state index in [-0.39, 0.29) is 6.42 Å². The first-order valence-electron chi connectivity index (χ1n) is 5.99. The third-order valence-corrected chi connectivity index (χ3v) is 2.98. The number of carbonyl (C=O) groups is 1. The maximum Gasteiger partial charge on any atom is 0.252 e. The van der Waals surface area contributed by atoms with Gasteiger partial charge in [0.05, 0.1) is 6.61 Å². The zero-order chi connectivity index (χ0) is 15.2. The molecule has 0 saturated heterocycles. The van der Waals surface area contributed by atoms with Crippen LogP contribution in [0, 0.1) is 0 Å². The van der Waals surface area contributed by atoms with Gasteiger partial charge in [-0.05, 0) is 33.5 Å². The van der Waals surface area contributed by atoms with Crippen LogP contribution in [0.15, 0.2) is 0 Å². The molecular weight excluding hydrogens is 256 g/mol. The summed E-state index contributed by atoms with van der Waals surface area (Å²) in [5.41, 5.74) is 2.69. The number of hydrogen-bond donors (Lipinski definition) is 6. The molecule has 114 valence electrons. The molecule has 8 nitrogen and oxygen atoms in total. The molecule has 0 radical (unpaired) electrons. The number of amides is 1. The summed E-state index contributed by atoms with van der Waals surface area (Å²) in [4.78, 5) is 13.1. The molecule has 19 heavy (non-hydrogen) atoms. The lowest BCUT2D eigenvalue weighted by Gasteiger charge is -2.34. The van der Waals surface area contributed by atoms with Gasteiger partial charge >= 0.3 is 0 Å². The highest BCUT2D eigenvalue weighted by atomic mass is 16.4. The summed E-state index contributed by atoms with van der Waals surface area (Å²) >= 11 is 0. The van der Waals surface area contributed by atoms with Crippen molar-refractivity contribution in [2.45, 2.75) is 36.8 Å². The molecule has 0 aliphatic carbocycles. The Morgan fingerprint density at radius 3 is 2.21 bits per heavy atom. The Kier molecular flexibility index (Phi) is 7.42. The van der Waals surface area contributed by atoms with Gasteiger partial charge in [-0.15, -0.1) is 0 Å². The monoisotopic (exact) mass is 280 g/mol. The predicted octanol–water partition coefficient (Wildman–Crippen LogP) is -3.38. The number of hydrogen-bond acceptors (Lipinski definition) is 7. The van der Waals surface area contributed by atoms with Crippen LogP contribution in [-0.4, -0.2) is 87.5 Å². The molecule has 0 saturated carbocycles. The average Bonchev–Trinajstić information content (AvgIpc) is 2.34. The quantitative estimate of drug-likeness (QED) is 0.258. The topological polar surface area (TPSA) is 147 Å². The summed E-state index contributed by atoms with van der Waals surface area (Å²) in [5, 5.41) is 47.3. The molecule has 0 spiro atoms. The molecule has 0 fully saturated rings. The molecule has 0 aromatic rings. The number of aliphatic hydroxyl groups excluding tert-OH is 4. The minimum Gasteiger partial charge on any atom is -0.394 e. The van der Waals surface area contributed by atoms with Gasteiger partial charge in [0, 0.05) is 0 Å². The van der Waals surface area contributed by atoms with E-state index in [2.05, 4.69) is 0 Å². The van der Waals surface area contributed by atoms with Gasteiger partial charge in [-0.2, -0.15) is 0 Å². The van der Waals surface area contributed by atoms with E-state index >= 15 is 0 Å². The van der Waals surface area contributed by atoms with E-state index in [1.807, 2.05) is 4.90 Å². The maximum atomic E-state index is 11.3. The summed E-state index contributed by atoms with van der Waals surface area (Å²) < 4.78 is 0. The lowest BCUT2D eigenvalue weighted by Crippen LogP contribution is -2.60. The molecular formula is C11H24N2O6. The fraction of sp³-hybridized carbons (Fsp3) is 0.909. The van der Waals surface area contributed by atoms with Crippen molar-refractivity contribution in [3.8, 4) is 0 Å². The smallest absolute Gasteiger partial charge is 0.252 e. The van der Waals surface area contributed by atoms with Gasteiger partial charge in [0.15, 0.2) is 5.60 Å². The third-order valence-electron chi connectivity index (χ3n) is 2.98. The number of rotatable bonds is 9.